The van der Waals surface area contributed by atoms with Crippen LogP contribution in [0.1, 0.15) is 20.8 Å². The number of rotatable bonds is 0. The Hall–Kier alpha value is 0.700. The van der Waals surface area contributed by atoms with Gasteiger partial charge in [0.15, 0.2) is 0 Å². The van der Waals surface area contributed by atoms with Crippen molar-refractivity contribution in [2.75, 3.05) is 0 Å². The van der Waals surface area contributed by atoms with E-state index >= 15 is 0 Å². The van der Waals surface area contributed by atoms with Gasteiger partial charge in [0.1, 0.15) is 0 Å². The Kier molecular flexibility index (Phi) is 2.54. The Balaban J connectivity index is 3.54. The smallest absolute Gasteiger partial charge is 0.0837 e. The van der Waals surface area contributed by atoms with Crippen molar-refractivity contribution < 1.29 is 0 Å². The molecule has 0 aliphatic heterocycles. The highest BCUT2D eigenvalue weighted by molar-refractivity contribution is 8.03. The van der Waals surface area contributed by atoms with E-state index in [1.807, 2.05) is 0 Å². The fourth-order valence-corrected chi connectivity index (χ4v) is 0. The molecule has 1 radical (unpaired) electrons. The summed E-state index contributed by atoms with van der Waals surface area (Å²) >= 11 is 8.12. The molecule has 0 aliphatic rings. The zero-order chi connectivity index (χ0) is 6.08. The van der Waals surface area contributed by atoms with Gasteiger partial charge < -0.3 is 0 Å². The standard InChI is InChI=1S/C5H11S2/c1-5(2,3)4(6)7/h6-7H,1-3H3. The molecule has 0 aliphatic carbocycles. The minimum atomic E-state index is 0.145. The normalized spacial score (nSPS) is 12.9. The van der Waals surface area contributed by atoms with Gasteiger partial charge in [0.25, 0.3) is 0 Å². The highest BCUT2D eigenvalue weighted by Gasteiger charge is 2.16. The molecule has 0 N–H and O–H groups in total. The summed E-state index contributed by atoms with van der Waals surface area (Å²) in [6.07, 6.45) is 0. The molecule has 0 aromatic heterocycles. The zero-order valence-corrected chi connectivity index (χ0v) is 6.68. The second-order valence-corrected chi connectivity index (χ2v) is 3.82. The van der Waals surface area contributed by atoms with Crippen LogP contribution in [0.3, 0.4) is 0 Å². The van der Waals surface area contributed by atoms with Crippen molar-refractivity contribution >= 4 is 25.3 Å². The Morgan fingerprint density at radius 1 is 1.14 bits per heavy atom. The summed E-state index contributed by atoms with van der Waals surface area (Å²) < 4.78 is 0.882. The molecule has 0 atom stereocenters. The topological polar surface area (TPSA) is 0 Å². The summed E-state index contributed by atoms with van der Waals surface area (Å²) in [4.78, 5) is 0. The Morgan fingerprint density at radius 3 is 1.29 bits per heavy atom. The number of hydrogen-bond acceptors (Lipinski definition) is 2. The van der Waals surface area contributed by atoms with E-state index in [9.17, 15) is 0 Å². The van der Waals surface area contributed by atoms with Crippen molar-refractivity contribution in [3.8, 4) is 0 Å². The maximum Gasteiger partial charge on any atom is 0.0837 e. The van der Waals surface area contributed by atoms with Crippen molar-refractivity contribution in [2.24, 2.45) is 5.41 Å². The van der Waals surface area contributed by atoms with Gasteiger partial charge in [-0.1, -0.05) is 20.8 Å². The molecule has 7 heavy (non-hydrogen) atoms. The summed E-state index contributed by atoms with van der Waals surface area (Å²) in [5, 5.41) is 0. The van der Waals surface area contributed by atoms with E-state index in [-0.39, 0.29) is 5.41 Å². The van der Waals surface area contributed by atoms with E-state index in [0.29, 0.717) is 0 Å². The predicted molar refractivity (Wildman–Crippen MR) is 40.7 cm³/mol. The molecule has 0 saturated heterocycles. The highest BCUT2D eigenvalue weighted by atomic mass is 32.2. The van der Waals surface area contributed by atoms with Gasteiger partial charge in [-0.3, -0.25) is 0 Å². The molecule has 0 amide bonds. The molecule has 0 bridgehead atoms. The maximum absolute atomic E-state index is 4.06. The Morgan fingerprint density at radius 2 is 1.29 bits per heavy atom. The lowest BCUT2D eigenvalue weighted by Crippen LogP contribution is -2.06. The van der Waals surface area contributed by atoms with Crippen LogP contribution in [0.25, 0.3) is 0 Å². The minimum absolute atomic E-state index is 0.145. The van der Waals surface area contributed by atoms with Crippen molar-refractivity contribution in [2.45, 2.75) is 20.8 Å². The molecule has 43 valence electrons. The molecule has 2 heteroatoms. The zero-order valence-electron chi connectivity index (χ0n) is 4.89. The van der Waals surface area contributed by atoms with Crippen molar-refractivity contribution in [3.63, 3.8) is 0 Å². The molecule has 0 nitrogen and oxygen atoms in total. The quantitative estimate of drug-likeness (QED) is 0.468. The molecule has 0 heterocycles. The van der Waals surface area contributed by atoms with Crippen molar-refractivity contribution in [1.29, 1.82) is 0 Å². The lowest BCUT2D eigenvalue weighted by molar-refractivity contribution is 0.516. The summed E-state index contributed by atoms with van der Waals surface area (Å²) in [5.41, 5.74) is 0.145. The minimum Gasteiger partial charge on any atom is -0.159 e. The maximum atomic E-state index is 4.06. The fourth-order valence-electron chi connectivity index (χ4n) is 0. The van der Waals surface area contributed by atoms with Gasteiger partial charge in [0.2, 0.25) is 0 Å². The molecule has 0 unspecified atom stereocenters. The van der Waals surface area contributed by atoms with E-state index in [1.54, 1.807) is 0 Å². The van der Waals surface area contributed by atoms with E-state index in [2.05, 4.69) is 46.0 Å². The summed E-state index contributed by atoms with van der Waals surface area (Å²) in [6, 6.07) is 0. The molecular weight excluding hydrogens is 124 g/mol. The van der Waals surface area contributed by atoms with E-state index < -0.39 is 0 Å². The average Bonchev–Trinajstić information content (AvgIpc) is 1.31. The Labute approximate surface area is 56.5 Å². The molecule has 0 rings (SSSR count). The molecule has 0 fully saturated rings. The molecular formula is C5H11S2. The fraction of sp³-hybridized carbons (Fsp3) is 0.800. The summed E-state index contributed by atoms with van der Waals surface area (Å²) in [7, 11) is 0. The number of thiol groups is 2. The van der Waals surface area contributed by atoms with Crippen molar-refractivity contribution in [3.05, 3.63) is 4.58 Å². The van der Waals surface area contributed by atoms with Gasteiger partial charge in [-0.15, -0.1) is 0 Å². The lowest BCUT2D eigenvalue weighted by atomic mass is 10.0. The third-order valence-corrected chi connectivity index (χ3v) is 2.01. The average molecular weight is 135 g/mol. The molecule has 0 aromatic rings. The predicted octanol–water partition coefficient (Wildman–Crippen LogP) is 2.38. The first-order valence-electron chi connectivity index (χ1n) is 2.20. The van der Waals surface area contributed by atoms with Crippen LogP contribution < -0.4 is 0 Å². The van der Waals surface area contributed by atoms with Gasteiger partial charge in [-0.2, -0.15) is 25.3 Å². The largest absolute Gasteiger partial charge is 0.159 e. The summed E-state index contributed by atoms with van der Waals surface area (Å²) in [6.45, 7) is 6.22. The SMILES string of the molecule is CC(C)(C)[C](S)S. The molecule has 0 saturated carbocycles. The van der Waals surface area contributed by atoms with Crippen LogP contribution in [0, 0.1) is 10.00 Å². The van der Waals surface area contributed by atoms with Gasteiger partial charge in [0.05, 0.1) is 4.58 Å². The van der Waals surface area contributed by atoms with Gasteiger partial charge in [-0.25, -0.2) is 0 Å². The van der Waals surface area contributed by atoms with Crippen LogP contribution in [0.5, 0.6) is 0 Å². The van der Waals surface area contributed by atoms with E-state index in [0.717, 1.165) is 4.58 Å². The molecule has 0 aromatic carbocycles. The first kappa shape index (κ1) is 7.70. The Bertz CT molecular complexity index is 51.6. The summed E-state index contributed by atoms with van der Waals surface area (Å²) in [5.74, 6) is 0. The van der Waals surface area contributed by atoms with Gasteiger partial charge in [0, 0.05) is 0 Å². The lowest BCUT2D eigenvalue weighted by Gasteiger charge is -2.19. The molecule has 0 spiro atoms. The van der Waals surface area contributed by atoms with Crippen molar-refractivity contribution in [1.82, 2.24) is 0 Å². The third kappa shape index (κ3) is 3.30. The first-order valence-corrected chi connectivity index (χ1v) is 3.09. The van der Waals surface area contributed by atoms with E-state index in [4.69, 9.17) is 0 Å². The van der Waals surface area contributed by atoms with Gasteiger partial charge >= 0.3 is 0 Å². The van der Waals surface area contributed by atoms with Crippen LogP contribution in [0.2, 0.25) is 0 Å². The highest BCUT2D eigenvalue weighted by Crippen LogP contribution is 2.33. The van der Waals surface area contributed by atoms with Gasteiger partial charge in [-0.05, 0) is 5.41 Å². The first-order chi connectivity index (χ1) is 2.94. The second kappa shape index (κ2) is 2.31. The number of hydrogen-bond donors (Lipinski definition) is 2. The monoisotopic (exact) mass is 135 g/mol. The third-order valence-electron chi connectivity index (χ3n) is 0.671. The van der Waals surface area contributed by atoms with E-state index in [1.165, 1.54) is 0 Å². The van der Waals surface area contributed by atoms with Crippen LogP contribution in [-0.2, 0) is 0 Å². The van der Waals surface area contributed by atoms with Crippen LogP contribution in [0.15, 0.2) is 0 Å². The second-order valence-electron chi connectivity index (χ2n) is 2.57. The van der Waals surface area contributed by atoms with Crippen LogP contribution >= 0.6 is 25.3 Å². The van der Waals surface area contributed by atoms with Crippen LogP contribution in [0.4, 0.5) is 0 Å². The van der Waals surface area contributed by atoms with Crippen LogP contribution in [-0.4, -0.2) is 0 Å².